The molecule has 1 N–H and O–H groups in total. The molecule has 3 heterocycles. The molecule has 3 aliphatic heterocycles. The summed E-state index contributed by atoms with van der Waals surface area (Å²) in [7, 11) is 0. The molecule has 3 rings (SSSR count). The molecule has 0 spiro atoms. The van der Waals surface area contributed by atoms with E-state index in [9.17, 15) is 4.79 Å². The van der Waals surface area contributed by atoms with Crippen LogP contribution in [0, 0.1) is 11.8 Å². The molecule has 0 amide bonds. The lowest BCUT2D eigenvalue weighted by atomic mass is 9.78. The molecule has 2 bridgehead atoms. The van der Waals surface area contributed by atoms with Gasteiger partial charge in [-0.2, -0.15) is 0 Å². The fourth-order valence-corrected chi connectivity index (χ4v) is 3.70. The molecule has 0 aromatic heterocycles. The van der Waals surface area contributed by atoms with Gasteiger partial charge in [-0.05, 0) is 32.1 Å². The predicted octanol–water partition coefficient (Wildman–Crippen LogP) is 2.00. The number of rotatable bonds is 9. The minimum absolute atomic E-state index is 0.219. The topological polar surface area (TPSA) is 68.3 Å². The molecule has 118 valence electrons. The van der Waals surface area contributed by atoms with E-state index < -0.39 is 5.97 Å². The molecule has 0 saturated carbocycles. The predicted molar refractivity (Wildman–Crippen MR) is 76.0 cm³/mol. The molecule has 0 aromatic rings. The average molecular weight is 296 g/mol. The number of allylic oxidation sites excluding steroid dienone is 2. The van der Waals surface area contributed by atoms with Crippen LogP contribution in [0.2, 0.25) is 0 Å². The molecule has 0 aromatic carbocycles. The summed E-state index contributed by atoms with van der Waals surface area (Å²) in [6.07, 6.45) is 8.10. The molecular weight excluding hydrogens is 272 g/mol. The van der Waals surface area contributed by atoms with Crippen LogP contribution in [-0.4, -0.2) is 48.7 Å². The first-order valence-corrected chi connectivity index (χ1v) is 7.97. The Morgan fingerprint density at radius 3 is 2.57 bits per heavy atom. The van der Waals surface area contributed by atoms with Crippen molar-refractivity contribution in [1.29, 1.82) is 0 Å². The van der Waals surface area contributed by atoms with Gasteiger partial charge in [0.1, 0.15) is 12.2 Å². The third-order valence-electron chi connectivity index (χ3n) is 4.77. The van der Waals surface area contributed by atoms with Crippen LogP contribution in [0.25, 0.3) is 0 Å². The molecule has 3 saturated heterocycles. The van der Waals surface area contributed by atoms with Crippen LogP contribution in [0.4, 0.5) is 0 Å². The minimum Gasteiger partial charge on any atom is -0.481 e. The van der Waals surface area contributed by atoms with E-state index in [0.29, 0.717) is 30.5 Å². The standard InChI is InChI=1S/C16H24O5/c1-2-19-9-11-10(7-5-3-4-6-8-12(17)18)13-15-16(21-15)14(11)20-13/h3,5,10-11,13-16H,2,4,6-9H2,1H3,(H,17,18)/b5-3-/t10-,11+,13+,14-,15-,16+/m0/s1. The number of unbranched alkanes of at least 4 members (excludes halogenated alkanes) is 1. The smallest absolute Gasteiger partial charge is 0.303 e. The van der Waals surface area contributed by atoms with Crippen molar-refractivity contribution in [2.75, 3.05) is 13.2 Å². The number of hydrogen-bond acceptors (Lipinski definition) is 4. The molecule has 5 heteroatoms. The van der Waals surface area contributed by atoms with Gasteiger partial charge in [-0.3, -0.25) is 4.79 Å². The van der Waals surface area contributed by atoms with E-state index in [1.54, 1.807) is 0 Å². The van der Waals surface area contributed by atoms with E-state index >= 15 is 0 Å². The fourth-order valence-electron chi connectivity index (χ4n) is 3.70. The van der Waals surface area contributed by atoms with Gasteiger partial charge in [0.15, 0.2) is 0 Å². The molecule has 0 unspecified atom stereocenters. The van der Waals surface area contributed by atoms with Crippen molar-refractivity contribution < 1.29 is 24.1 Å². The normalized spacial score (nSPS) is 39.9. The zero-order chi connectivity index (χ0) is 14.8. The first-order valence-electron chi connectivity index (χ1n) is 7.97. The van der Waals surface area contributed by atoms with E-state index in [4.69, 9.17) is 19.3 Å². The third kappa shape index (κ3) is 3.15. The van der Waals surface area contributed by atoms with E-state index in [2.05, 4.69) is 12.2 Å². The molecule has 0 radical (unpaired) electrons. The number of carboxylic acid groups (broad SMARTS) is 1. The highest BCUT2D eigenvalue weighted by atomic mass is 16.7. The zero-order valence-electron chi connectivity index (χ0n) is 12.4. The number of ether oxygens (including phenoxy) is 3. The lowest BCUT2D eigenvalue weighted by molar-refractivity contribution is -0.137. The van der Waals surface area contributed by atoms with Gasteiger partial charge >= 0.3 is 5.97 Å². The number of carboxylic acids is 1. The van der Waals surface area contributed by atoms with Crippen molar-refractivity contribution in [2.24, 2.45) is 11.8 Å². The van der Waals surface area contributed by atoms with Crippen LogP contribution in [0.15, 0.2) is 12.2 Å². The van der Waals surface area contributed by atoms with Crippen LogP contribution >= 0.6 is 0 Å². The van der Waals surface area contributed by atoms with Gasteiger partial charge in [-0.15, -0.1) is 0 Å². The summed E-state index contributed by atoms with van der Waals surface area (Å²) >= 11 is 0. The van der Waals surface area contributed by atoms with E-state index in [0.717, 1.165) is 26.1 Å². The quantitative estimate of drug-likeness (QED) is 0.400. The number of fused-ring (bicyclic) bond motifs is 5. The van der Waals surface area contributed by atoms with Gasteiger partial charge in [0.25, 0.3) is 0 Å². The summed E-state index contributed by atoms with van der Waals surface area (Å²) < 4.78 is 17.3. The van der Waals surface area contributed by atoms with E-state index in [-0.39, 0.29) is 18.6 Å². The van der Waals surface area contributed by atoms with Gasteiger partial charge in [0, 0.05) is 18.9 Å². The Kier molecular flexibility index (Phi) is 4.62. The second-order valence-electron chi connectivity index (χ2n) is 6.11. The second-order valence-corrected chi connectivity index (χ2v) is 6.11. The summed E-state index contributed by atoms with van der Waals surface area (Å²) in [4.78, 5) is 10.4. The van der Waals surface area contributed by atoms with Crippen LogP contribution < -0.4 is 0 Å². The fraction of sp³-hybridized carbons (Fsp3) is 0.812. The number of epoxide rings is 1. The van der Waals surface area contributed by atoms with E-state index in [1.165, 1.54) is 0 Å². The third-order valence-corrected chi connectivity index (χ3v) is 4.77. The van der Waals surface area contributed by atoms with Gasteiger partial charge in [-0.25, -0.2) is 0 Å². The number of hydrogen-bond donors (Lipinski definition) is 1. The highest BCUT2D eigenvalue weighted by Gasteiger charge is 2.68. The zero-order valence-corrected chi connectivity index (χ0v) is 12.4. The maximum Gasteiger partial charge on any atom is 0.303 e. The highest BCUT2D eigenvalue weighted by Crippen LogP contribution is 2.54. The second kappa shape index (κ2) is 6.46. The van der Waals surface area contributed by atoms with Crippen molar-refractivity contribution in [3.05, 3.63) is 12.2 Å². The number of carbonyl (C=O) groups is 1. The van der Waals surface area contributed by atoms with E-state index in [1.807, 2.05) is 6.92 Å². The van der Waals surface area contributed by atoms with Gasteiger partial charge in [0.05, 0.1) is 18.8 Å². The SMILES string of the molecule is CCOC[C@@H]1[C@H](C/C=C\CCCC(=O)O)[C@H]2O[C@@H]1[C@H]1O[C@H]12. The van der Waals surface area contributed by atoms with Gasteiger partial charge < -0.3 is 19.3 Å². The Morgan fingerprint density at radius 2 is 1.86 bits per heavy atom. The maximum absolute atomic E-state index is 10.4. The van der Waals surface area contributed by atoms with Crippen LogP contribution in [0.5, 0.6) is 0 Å². The summed E-state index contributed by atoms with van der Waals surface area (Å²) in [6.45, 7) is 3.50. The van der Waals surface area contributed by atoms with Gasteiger partial charge in [0.2, 0.25) is 0 Å². The molecule has 5 nitrogen and oxygen atoms in total. The van der Waals surface area contributed by atoms with Crippen LogP contribution in [-0.2, 0) is 19.0 Å². The van der Waals surface area contributed by atoms with Crippen molar-refractivity contribution in [2.45, 2.75) is 57.0 Å². The minimum atomic E-state index is -0.724. The first kappa shape index (κ1) is 15.0. The van der Waals surface area contributed by atoms with Crippen molar-refractivity contribution in [3.63, 3.8) is 0 Å². The summed E-state index contributed by atoms with van der Waals surface area (Å²) in [6, 6.07) is 0. The van der Waals surface area contributed by atoms with Crippen molar-refractivity contribution in [1.82, 2.24) is 0 Å². The molecule has 3 aliphatic rings. The number of aliphatic carboxylic acids is 1. The van der Waals surface area contributed by atoms with Crippen molar-refractivity contribution in [3.8, 4) is 0 Å². The monoisotopic (exact) mass is 296 g/mol. The summed E-state index contributed by atoms with van der Waals surface area (Å²) in [5.74, 6) is 0.182. The molecule has 6 atom stereocenters. The largest absolute Gasteiger partial charge is 0.481 e. The van der Waals surface area contributed by atoms with Crippen LogP contribution in [0.1, 0.15) is 32.6 Å². The first-order chi connectivity index (χ1) is 10.2. The molecule has 3 fully saturated rings. The molecule has 0 aliphatic carbocycles. The Labute approximate surface area is 125 Å². The Balaban J connectivity index is 1.46. The van der Waals surface area contributed by atoms with Crippen molar-refractivity contribution >= 4 is 5.97 Å². The van der Waals surface area contributed by atoms with Crippen LogP contribution in [0.3, 0.4) is 0 Å². The Morgan fingerprint density at radius 1 is 1.14 bits per heavy atom. The lowest BCUT2D eigenvalue weighted by Crippen LogP contribution is -2.35. The summed E-state index contributed by atoms with van der Waals surface area (Å²) in [5, 5.41) is 8.60. The Hall–Kier alpha value is -0.910. The van der Waals surface area contributed by atoms with Gasteiger partial charge in [-0.1, -0.05) is 12.2 Å². The molecule has 21 heavy (non-hydrogen) atoms. The molecular formula is C16H24O5. The summed E-state index contributed by atoms with van der Waals surface area (Å²) in [5.41, 5.74) is 0. The average Bonchev–Trinajstić information content (AvgIpc) is 3.09. The Bertz CT molecular complexity index is 407. The lowest BCUT2D eigenvalue weighted by Gasteiger charge is -2.24. The maximum atomic E-state index is 10.4. The highest BCUT2D eigenvalue weighted by molar-refractivity contribution is 5.66.